The molecule has 0 aliphatic heterocycles. The number of aromatic nitrogens is 2. The number of halogens is 1. The summed E-state index contributed by atoms with van der Waals surface area (Å²) in [5, 5.41) is 0. The van der Waals surface area contributed by atoms with E-state index in [1.807, 2.05) is 38.9 Å². The van der Waals surface area contributed by atoms with Crippen molar-refractivity contribution in [1.29, 1.82) is 0 Å². The van der Waals surface area contributed by atoms with Gasteiger partial charge in [0.25, 0.3) is 0 Å². The summed E-state index contributed by atoms with van der Waals surface area (Å²) in [6.45, 7) is 3.79. The van der Waals surface area contributed by atoms with Crippen molar-refractivity contribution >= 4 is 5.82 Å². The van der Waals surface area contributed by atoms with Crippen LogP contribution in [0, 0.1) is 19.7 Å². The standard InChI is InChI=1S/C14H16FN3/c1-9-5-6-11(12(15)7-9)13-16-8-10(2)14(17-13)18(3)4/h5-8H,1-4H3. The third-order valence-electron chi connectivity index (χ3n) is 2.73. The van der Waals surface area contributed by atoms with E-state index >= 15 is 0 Å². The van der Waals surface area contributed by atoms with Crippen molar-refractivity contribution < 1.29 is 4.39 Å². The highest BCUT2D eigenvalue weighted by Crippen LogP contribution is 2.23. The number of hydrogen-bond donors (Lipinski definition) is 0. The summed E-state index contributed by atoms with van der Waals surface area (Å²) in [6, 6.07) is 5.07. The number of rotatable bonds is 2. The third kappa shape index (κ3) is 2.32. The molecule has 0 radical (unpaired) electrons. The van der Waals surface area contributed by atoms with Crippen LogP contribution in [0.1, 0.15) is 11.1 Å². The first-order valence-electron chi connectivity index (χ1n) is 5.76. The Bertz CT molecular complexity index is 579. The van der Waals surface area contributed by atoms with E-state index in [0.717, 1.165) is 16.9 Å². The van der Waals surface area contributed by atoms with Crippen LogP contribution in [0.2, 0.25) is 0 Å². The molecule has 4 heteroatoms. The first-order chi connectivity index (χ1) is 8.49. The Morgan fingerprint density at radius 3 is 2.50 bits per heavy atom. The third-order valence-corrected chi connectivity index (χ3v) is 2.73. The van der Waals surface area contributed by atoms with Gasteiger partial charge in [0.05, 0.1) is 5.56 Å². The maximum atomic E-state index is 13.9. The predicted octanol–water partition coefficient (Wildman–Crippen LogP) is 2.97. The summed E-state index contributed by atoms with van der Waals surface area (Å²) in [5.41, 5.74) is 2.29. The zero-order valence-electron chi connectivity index (χ0n) is 11.0. The fourth-order valence-corrected chi connectivity index (χ4v) is 1.82. The second-order valence-corrected chi connectivity index (χ2v) is 4.58. The molecule has 0 aliphatic carbocycles. The second kappa shape index (κ2) is 4.72. The first-order valence-corrected chi connectivity index (χ1v) is 5.76. The van der Waals surface area contributed by atoms with Gasteiger partial charge in [-0.15, -0.1) is 0 Å². The van der Waals surface area contributed by atoms with Crippen LogP contribution in [-0.2, 0) is 0 Å². The van der Waals surface area contributed by atoms with Gasteiger partial charge in [0.15, 0.2) is 5.82 Å². The molecule has 0 spiro atoms. The Morgan fingerprint density at radius 1 is 1.17 bits per heavy atom. The Hall–Kier alpha value is -1.97. The number of benzene rings is 1. The molecule has 18 heavy (non-hydrogen) atoms. The van der Waals surface area contributed by atoms with Crippen LogP contribution in [0.5, 0.6) is 0 Å². The van der Waals surface area contributed by atoms with Crippen LogP contribution in [0.4, 0.5) is 10.2 Å². The number of hydrogen-bond acceptors (Lipinski definition) is 3. The molecule has 0 bridgehead atoms. The highest BCUT2D eigenvalue weighted by atomic mass is 19.1. The molecule has 0 fully saturated rings. The second-order valence-electron chi connectivity index (χ2n) is 4.58. The van der Waals surface area contributed by atoms with Crippen molar-refractivity contribution in [2.24, 2.45) is 0 Å². The molecule has 0 unspecified atom stereocenters. The Morgan fingerprint density at radius 2 is 1.89 bits per heavy atom. The molecule has 0 saturated heterocycles. The molecule has 0 N–H and O–H groups in total. The monoisotopic (exact) mass is 245 g/mol. The molecular formula is C14H16FN3. The minimum atomic E-state index is -0.288. The lowest BCUT2D eigenvalue weighted by Gasteiger charge is -2.15. The molecule has 2 aromatic rings. The highest BCUT2D eigenvalue weighted by molar-refractivity contribution is 5.59. The lowest BCUT2D eigenvalue weighted by atomic mass is 10.1. The van der Waals surface area contributed by atoms with E-state index in [1.54, 1.807) is 12.3 Å². The molecule has 3 nitrogen and oxygen atoms in total. The lowest BCUT2D eigenvalue weighted by molar-refractivity contribution is 0.628. The van der Waals surface area contributed by atoms with Gasteiger partial charge in [-0.3, -0.25) is 0 Å². The van der Waals surface area contributed by atoms with Gasteiger partial charge in [-0.2, -0.15) is 0 Å². The summed E-state index contributed by atoms with van der Waals surface area (Å²) in [6.07, 6.45) is 1.72. The van der Waals surface area contributed by atoms with Gasteiger partial charge in [-0.1, -0.05) is 6.07 Å². The Balaban J connectivity index is 2.54. The largest absolute Gasteiger partial charge is 0.362 e. The van der Waals surface area contributed by atoms with Gasteiger partial charge < -0.3 is 4.90 Å². The predicted molar refractivity (Wildman–Crippen MR) is 71.2 cm³/mol. The molecule has 1 aromatic carbocycles. The summed E-state index contributed by atoms with van der Waals surface area (Å²) in [5.74, 6) is 0.935. The van der Waals surface area contributed by atoms with Crippen LogP contribution in [0.3, 0.4) is 0 Å². The smallest absolute Gasteiger partial charge is 0.164 e. The summed E-state index contributed by atoms with van der Waals surface area (Å²) in [7, 11) is 3.81. The molecule has 1 heterocycles. The fourth-order valence-electron chi connectivity index (χ4n) is 1.82. The van der Waals surface area contributed by atoms with Crippen LogP contribution < -0.4 is 4.90 Å². The van der Waals surface area contributed by atoms with E-state index in [9.17, 15) is 4.39 Å². The van der Waals surface area contributed by atoms with Crippen molar-refractivity contribution in [3.8, 4) is 11.4 Å². The van der Waals surface area contributed by atoms with Gasteiger partial charge in [-0.25, -0.2) is 14.4 Å². The Labute approximate surface area is 106 Å². The van der Waals surface area contributed by atoms with E-state index in [1.165, 1.54) is 6.07 Å². The number of anilines is 1. The maximum Gasteiger partial charge on any atom is 0.164 e. The van der Waals surface area contributed by atoms with Crippen molar-refractivity contribution in [1.82, 2.24) is 9.97 Å². The quantitative estimate of drug-likeness (QED) is 0.814. The van der Waals surface area contributed by atoms with Gasteiger partial charge in [0.1, 0.15) is 11.6 Å². The fraction of sp³-hybridized carbons (Fsp3) is 0.286. The van der Waals surface area contributed by atoms with Crippen LogP contribution in [0.15, 0.2) is 24.4 Å². The molecule has 0 atom stereocenters. The van der Waals surface area contributed by atoms with Gasteiger partial charge in [0, 0.05) is 25.9 Å². The number of nitrogens with zero attached hydrogens (tertiary/aromatic N) is 3. The lowest BCUT2D eigenvalue weighted by Crippen LogP contribution is -2.13. The molecule has 94 valence electrons. The summed E-state index contributed by atoms with van der Waals surface area (Å²) >= 11 is 0. The molecule has 2 rings (SSSR count). The van der Waals surface area contributed by atoms with Crippen molar-refractivity contribution in [2.45, 2.75) is 13.8 Å². The number of aryl methyl sites for hydroxylation is 2. The van der Waals surface area contributed by atoms with E-state index in [0.29, 0.717) is 11.4 Å². The van der Waals surface area contributed by atoms with E-state index < -0.39 is 0 Å². The zero-order valence-corrected chi connectivity index (χ0v) is 11.0. The molecule has 0 saturated carbocycles. The minimum absolute atomic E-state index is 0.288. The average Bonchev–Trinajstić information content (AvgIpc) is 2.30. The Kier molecular flexibility index (Phi) is 3.28. The van der Waals surface area contributed by atoms with Crippen molar-refractivity contribution in [2.75, 3.05) is 19.0 Å². The molecule has 0 amide bonds. The van der Waals surface area contributed by atoms with Crippen LogP contribution in [0.25, 0.3) is 11.4 Å². The van der Waals surface area contributed by atoms with E-state index in [4.69, 9.17) is 0 Å². The zero-order chi connectivity index (χ0) is 13.3. The minimum Gasteiger partial charge on any atom is -0.362 e. The van der Waals surface area contributed by atoms with Gasteiger partial charge >= 0.3 is 0 Å². The van der Waals surface area contributed by atoms with Crippen LogP contribution >= 0.6 is 0 Å². The molecule has 1 aromatic heterocycles. The molecule has 0 aliphatic rings. The highest BCUT2D eigenvalue weighted by Gasteiger charge is 2.11. The SMILES string of the molecule is Cc1ccc(-c2ncc(C)c(N(C)C)n2)c(F)c1. The summed E-state index contributed by atoms with van der Waals surface area (Å²) < 4.78 is 13.9. The summed E-state index contributed by atoms with van der Waals surface area (Å²) in [4.78, 5) is 10.5. The van der Waals surface area contributed by atoms with Crippen LogP contribution in [-0.4, -0.2) is 24.1 Å². The normalized spacial score (nSPS) is 10.5. The van der Waals surface area contributed by atoms with E-state index in [2.05, 4.69) is 9.97 Å². The van der Waals surface area contributed by atoms with Gasteiger partial charge in [-0.05, 0) is 31.5 Å². The topological polar surface area (TPSA) is 29.0 Å². The first kappa shape index (κ1) is 12.5. The van der Waals surface area contributed by atoms with E-state index in [-0.39, 0.29) is 5.82 Å². The van der Waals surface area contributed by atoms with Crippen molar-refractivity contribution in [3.63, 3.8) is 0 Å². The maximum absolute atomic E-state index is 13.9. The average molecular weight is 245 g/mol. The van der Waals surface area contributed by atoms with Gasteiger partial charge in [0.2, 0.25) is 0 Å². The molecular weight excluding hydrogens is 229 g/mol. The van der Waals surface area contributed by atoms with Crippen molar-refractivity contribution in [3.05, 3.63) is 41.3 Å².